The summed E-state index contributed by atoms with van der Waals surface area (Å²) in [6, 6.07) is 2.93. The first kappa shape index (κ1) is 15.9. The molecule has 0 radical (unpaired) electrons. The van der Waals surface area contributed by atoms with Crippen molar-refractivity contribution in [2.45, 2.75) is 52.1 Å². The molecule has 1 saturated heterocycles. The van der Waals surface area contributed by atoms with E-state index in [0.717, 1.165) is 30.9 Å². The third-order valence-corrected chi connectivity index (χ3v) is 5.98. The van der Waals surface area contributed by atoms with E-state index in [9.17, 15) is 0 Å². The number of rotatable bonds is 3. The van der Waals surface area contributed by atoms with E-state index < -0.39 is 0 Å². The van der Waals surface area contributed by atoms with Gasteiger partial charge in [0.1, 0.15) is 11.5 Å². The van der Waals surface area contributed by atoms with Crippen LogP contribution in [0.4, 0.5) is 0 Å². The van der Waals surface area contributed by atoms with Crippen molar-refractivity contribution in [3.63, 3.8) is 0 Å². The Morgan fingerprint density at radius 2 is 1.92 bits per heavy atom. The highest BCUT2D eigenvalue weighted by atomic mass is 15.2. The first-order valence-electron chi connectivity index (χ1n) is 9.70. The standard InChI is InChI=1S/C21H25N5/c1-14-10-17-20-18-4-3-7-25(18)8-6-19(20)26(21(17)24-11-14)9-5-16-12-22-15(2)23-13-16/h10-13,18H,3-9H2,1-2H3. The summed E-state index contributed by atoms with van der Waals surface area (Å²) in [5.74, 6) is 0.830. The number of pyridine rings is 1. The molecule has 3 aromatic rings. The molecule has 2 aliphatic rings. The number of aryl methyl sites for hydroxylation is 4. The minimum atomic E-state index is 0.591. The Kier molecular flexibility index (Phi) is 3.78. The van der Waals surface area contributed by atoms with Gasteiger partial charge in [-0.05, 0) is 62.4 Å². The maximum Gasteiger partial charge on any atom is 0.140 e. The summed E-state index contributed by atoms with van der Waals surface area (Å²) in [6.07, 6.45) is 10.6. The zero-order chi connectivity index (χ0) is 17.7. The Balaban J connectivity index is 1.57. The van der Waals surface area contributed by atoms with Crippen molar-refractivity contribution in [1.29, 1.82) is 0 Å². The van der Waals surface area contributed by atoms with Gasteiger partial charge in [0.25, 0.3) is 0 Å². The van der Waals surface area contributed by atoms with Crippen LogP contribution in [0.1, 0.15) is 47.1 Å². The predicted octanol–water partition coefficient (Wildman–Crippen LogP) is 3.38. The van der Waals surface area contributed by atoms with E-state index in [1.165, 1.54) is 48.1 Å². The predicted molar refractivity (Wildman–Crippen MR) is 102 cm³/mol. The van der Waals surface area contributed by atoms with E-state index in [1.54, 1.807) is 5.56 Å². The third kappa shape index (κ3) is 2.53. The fourth-order valence-corrected chi connectivity index (χ4v) is 4.75. The summed E-state index contributed by atoms with van der Waals surface area (Å²) in [7, 11) is 0. The van der Waals surface area contributed by atoms with E-state index in [1.807, 2.05) is 25.5 Å². The molecule has 5 heterocycles. The quantitative estimate of drug-likeness (QED) is 0.729. The summed E-state index contributed by atoms with van der Waals surface area (Å²) in [4.78, 5) is 16.2. The Bertz CT molecular complexity index is 957. The lowest BCUT2D eigenvalue weighted by Gasteiger charge is -2.31. The molecule has 26 heavy (non-hydrogen) atoms. The molecule has 0 N–H and O–H groups in total. The molecule has 134 valence electrons. The highest BCUT2D eigenvalue weighted by molar-refractivity contribution is 5.84. The molecule has 2 aliphatic heterocycles. The molecule has 5 rings (SSSR count). The van der Waals surface area contributed by atoms with Crippen LogP contribution in [-0.2, 0) is 19.4 Å². The first-order chi connectivity index (χ1) is 12.7. The van der Waals surface area contributed by atoms with Gasteiger partial charge in [-0.2, -0.15) is 0 Å². The largest absolute Gasteiger partial charge is 0.329 e. The van der Waals surface area contributed by atoms with Crippen LogP contribution in [0.5, 0.6) is 0 Å². The van der Waals surface area contributed by atoms with Gasteiger partial charge >= 0.3 is 0 Å². The molecule has 0 bridgehead atoms. The molecule has 0 aromatic carbocycles. The van der Waals surface area contributed by atoms with Gasteiger partial charge in [0.05, 0.1) is 0 Å². The van der Waals surface area contributed by atoms with Crippen molar-refractivity contribution in [2.75, 3.05) is 13.1 Å². The van der Waals surface area contributed by atoms with E-state index in [4.69, 9.17) is 4.98 Å². The number of hydrogen-bond acceptors (Lipinski definition) is 4. The highest BCUT2D eigenvalue weighted by Gasteiger charge is 2.35. The second-order valence-electron chi connectivity index (χ2n) is 7.73. The Hall–Kier alpha value is -2.27. The van der Waals surface area contributed by atoms with Crippen molar-refractivity contribution in [3.05, 3.63) is 52.9 Å². The number of aromatic nitrogens is 4. The lowest BCUT2D eigenvalue weighted by atomic mass is 9.96. The molecule has 0 spiro atoms. The summed E-state index contributed by atoms with van der Waals surface area (Å²) in [5, 5.41) is 1.37. The second-order valence-corrected chi connectivity index (χ2v) is 7.73. The zero-order valence-electron chi connectivity index (χ0n) is 15.6. The van der Waals surface area contributed by atoms with Gasteiger partial charge in [-0.15, -0.1) is 0 Å². The molecule has 5 nitrogen and oxygen atoms in total. The molecule has 1 fully saturated rings. The van der Waals surface area contributed by atoms with Crippen molar-refractivity contribution < 1.29 is 0 Å². The van der Waals surface area contributed by atoms with Crippen LogP contribution in [0.15, 0.2) is 24.7 Å². The first-order valence-corrected chi connectivity index (χ1v) is 9.70. The van der Waals surface area contributed by atoms with Gasteiger partial charge in [0.15, 0.2) is 0 Å². The molecule has 1 unspecified atom stereocenters. The van der Waals surface area contributed by atoms with Crippen molar-refractivity contribution in [2.24, 2.45) is 0 Å². The number of fused-ring (bicyclic) bond motifs is 5. The zero-order valence-corrected chi connectivity index (χ0v) is 15.6. The average molecular weight is 347 g/mol. The lowest BCUT2D eigenvalue weighted by Crippen LogP contribution is -2.31. The van der Waals surface area contributed by atoms with Gasteiger partial charge < -0.3 is 4.57 Å². The van der Waals surface area contributed by atoms with E-state index in [0.29, 0.717) is 6.04 Å². The number of hydrogen-bond donors (Lipinski definition) is 0. The van der Waals surface area contributed by atoms with Crippen LogP contribution in [-0.4, -0.2) is 37.5 Å². The fourth-order valence-electron chi connectivity index (χ4n) is 4.75. The van der Waals surface area contributed by atoms with Crippen molar-refractivity contribution >= 4 is 11.0 Å². The van der Waals surface area contributed by atoms with Crippen molar-refractivity contribution in [1.82, 2.24) is 24.4 Å². The lowest BCUT2D eigenvalue weighted by molar-refractivity contribution is 0.242. The van der Waals surface area contributed by atoms with E-state index >= 15 is 0 Å². The topological polar surface area (TPSA) is 46.8 Å². The maximum absolute atomic E-state index is 4.84. The summed E-state index contributed by atoms with van der Waals surface area (Å²) < 4.78 is 2.47. The van der Waals surface area contributed by atoms with Crippen LogP contribution in [0.25, 0.3) is 11.0 Å². The van der Waals surface area contributed by atoms with Gasteiger partial charge in [-0.3, -0.25) is 4.90 Å². The second kappa shape index (κ2) is 6.16. The van der Waals surface area contributed by atoms with Crippen LogP contribution in [0.3, 0.4) is 0 Å². The van der Waals surface area contributed by atoms with Crippen LogP contribution in [0.2, 0.25) is 0 Å². The van der Waals surface area contributed by atoms with Gasteiger partial charge in [-0.1, -0.05) is 0 Å². The van der Waals surface area contributed by atoms with Gasteiger partial charge in [-0.25, -0.2) is 15.0 Å². The molecule has 3 aromatic heterocycles. The minimum Gasteiger partial charge on any atom is -0.329 e. The molecule has 0 aliphatic carbocycles. The van der Waals surface area contributed by atoms with Crippen LogP contribution in [0, 0.1) is 13.8 Å². The molecule has 5 heteroatoms. The summed E-state index contributed by atoms with van der Waals surface area (Å²) in [6.45, 7) is 7.45. The van der Waals surface area contributed by atoms with Crippen molar-refractivity contribution in [3.8, 4) is 0 Å². The van der Waals surface area contributed by atoms with Crippen LogP contribution >= 0.6 is 0 Å². The summed E-state index contributed by atoms with van der Waals surface area (Å²) >= 11 is 0. The van der Waals surface area contributed by atoms with Gasteiger partial charge in [0, 0.05) is 55.2 Å². The third-order valence-electron chi connectivity index (χ3n) is 5.98. The molecule has 1 atom stereocenters. The highest BCUT2D eigenvalue weighted by Crippen LogP contribution is 2.42. The molecule has 0 saturated carbocycles. The fraction of sp³-hybridized carbons (Fsp3) is 0.476. The Morgan fingerprint density at radius 1 is 1.08 bits per heavy atom. The van der Waals surface area contributed by atoms with E-state index in [-0.39, 0.29) is 0 Å². The maximum atomic E-state index is 4.84. The number of nitrogens with zero attached hydrogens (tertiary/aromatic N) is 5. The smallest absolute Gasteiger partial charge is 0.140 e. The van der Waals surface area contributed by atoms with E-state index in [2.05, 4.69) is 32.4 Å². The average Bonchev–Trinajstić information content (AvgIpc) is 3.23. The summed E-state index contributed by atoms with van der Waals surface area (Å²) in [5.41, 5.74) is 6.66. The molecule has 0 amide bonds. The van der Waals surface area contributed by atoms with Crippen LogP contribution < -0.4 is 0 Å². The molecular weight excluding hydrogens is 322 g/mol. The Morgan fingerprint density at radius 3 is 2.77 bits per heavy atom. The minimum absolute atomic E-state index is 0.591. The normalized spacial score (nSPS) is 19.7. The van der Waals surface area contributed by atoms with Gasteiger partial charge in [0.2, 0.25) is 0 Å². The SMILES string of the molecule is Cc1cnc2c(c1)c1c(n2CCc2cnc(C)nc2)CCN2CCCC12. The molecular formula is C21H25N5. The monoisotopic (exact) mass is 347 g/mol. The Labute approximate surface area is 154 Å².